The van der Waals surface area contributed by atoms with Crippen LogP contribution in [0.3, 0.4) is 0 Å². The number of fused-ring (bicyclic) bond motifs is 2. The summed E-state index contributed by atoms with van der Waals surface area (Å²) in [5.41, 5.74) is 0.980. The van der Waals surface area contributed by atoms with Gasteiger partial charge in [-0.05, 0) is 48.5 Å². The molecule has 1 heterocycles. The third-order valence-electron chi connectivity index (χ3n) is 5.60. The fourth-order valence-electron chi connectivity index (χ4n) is 3.87. The van der Waals surface area contributed by atoms with Crippen LogP contribution in [0.5, 0.6) is 0 Å². The van der Waals surface area contributed by atoms with Gasteiger partial charge in [-0.2, -0.15) is 0 Å². The Hall–Kier alpha value is -3.25. The largest absolute Gasteiger partial charge is 0.326 e. The lowest BCUT2D eigenvalue weighted by Crippen LogP contribution is -2.43. The first kappa shape index (κ1) is 21.0. The van der Waals surface area contributed by atoms with Gasteiger partial charge in [0.1, 0.15) is 0 Å². The molecule has 0 aromatic heterocycles. The molecule has 0 saturated heterocycles. The molecule has 6 nitrogen and oxygen atoms in total. The minimum atomic E-state index is -0.571. The summed E-state index contributed by atoms with van der Waals surface area (Å²) in [6.07, 6.45) is 0. The van der Waals surface area contributed by atoms with Crippen molar-refractivity contribution < 1.29 is 14.4 Å². The summed E-state index contributed by atoms with van der Waals surface area (Å²) in [7, 11) is 3.81. The maximum atomic E-state index is 13.5. The Morgan fingerprint density at radius 2 is 1.71 bits per heavy atom. The van der Waals surface area contributed by atoms with E-state index in [4.69, 9.17) is 0 Å². The maximum Gasteiger partial charge on any atom is 0.262 e. The summed E-state index contributed by atoms with van der Waals surface area (Å²) in [6.45, 7) is 6.39. The van der Waals surface area contributed by atoms with Crippen molar-refractivity contribution in [3.63, 3.8) is 0 Å². The highest BCUT2D eigenvalue weighted by Crippen LogP contribution is 2.37. The summed E-state index contributed by atoms with van der Waals surface area (Å²) < 4.78 is 0. The SMILES string of the molecule is CN(C)CCN1C(=O)c2cc(NC(=O)C(C)(C)C)cc3cc4ccccc4c(c23)C1=O. The molecule has 0 aliphatic carbocycles. The van der Waals surface area contributed by atoms with Crippen LogP contribution in [0.25, 0.3) is 21.5 Å². The third-order valence-corrected chi connectivity index (χ3v) is 5.60. The first-order valence-electron chi connectivity index (χ1n) is 10.4. The Kier molecular flexibility index (Phi) is 5.06. The second-order valence-electron chi connectivity index (χ2n) is 9.36. The van der Waals surface area contributed by atoms with Gasteiger partial charge in [0.05, 0.1) is 11.1 Å². The van der Waals surface area contributed by atoms with Gasteiger partial charge < -0.3 is 10.2 Å². The van der Waals surface area contributed by atoms with Gasteiger partial charge in [-0.3, -0.25) is 19.3 Å². The number of hydrogen-bond acceptors (Lipinski definition) is 4. The van der Waals surface area contributed by atoms with Crippen LogP contribution in [0.1, 0.15) is 41.5 Å². The highest BCUT2D eigenvalue weighted by molar-refractivity contribution is 6.31. The minimum absolute atomic E-state index is 0.135. The Morgan fingerprint density at radius 3 is 2.39 bits per heavy atom. The molecule has 0 fully saturated rings. The predicted octanol–water partition coefficient (Wildman–Crippen LogP) is 4.14. The number of nitrogens with zero attached hydrogens (tertiary/aromatic N) is 2. The quantitative estimate of drug-likeness (QED) is 0.512. The molecule has 3 aromatic carbocycles. The topological polar surface area (TPSA) is 69.7 Å². The van der Waals surface area contributed by atoms with Crippen LogP contribution in [-0.2, 0) is 4.79 Å². The summed E-state index contributed by atoms with van der Waals surface area (Å²) in [5.74, 6) is -0.733. The number of benzene rings is 3. The van der Waals surface area contributed by atoms with Crippen molar-refractivity contribution >= 4 is 45.0 Å². The van der Waals surface area contributed by atoms with Gasteiger partial charge in [0.2, 0.25) is 5.91 Å². The Labute approximate surface area is 181 Å². The van der Waals surface area contributed by atoms with E-state index >= 15 is 0 Å². The van der Waals surface area contributed by atoms with E-state index in [0.717, 1.165) is 16.2 Å². The lowest BCUT2D eigenvalue weighted by atomic mass is 9.88. The van der Waals surface area contributed by atoms with Gasteiger partial charge in [-0.25, -0.2) is 0 Å². The Balaban J connectivity index is 1.96. The second-order valence-corrected chi connectivity index (χ2v) is 9.36. The van der Waals surface area contributed by atoms with Crippen molar-refractivity contribution in [1.82, 2.24) is 9.80 Å². The van der Waals surface area contributed by atoms with Crippen molar-refractivity contribution in [2.24, 2.45) is 5.41 Å². The fraction of sp³-hybridized carbons (Fsp3) is 0.320. The molecule has 0 saturated carbocycles. The molecule has 0 spiro atoms. The van der Waals surface area contributed by atoms with E-state index in [1.165, 1.54) is 4.90 Å². The predicted molar refractivity (Wildman–Crippen MR) is 123 cm³/mol. The van der Waals surface area contributed by atoms with E-state index in [2.05, 4.69) is 5.32 Å². The van der Waals surface area contributed by atoms with E-state index in [0.29, 0.717) is 35.3 Å². The van der Waals surface area contributed by atoms with Crippen LogP contribution in [0, 0.1) is 5.41 Å². The average Bonchev–Trinajstić information content (AvgIpc) is 2.69. The van der Waals surface area contributed by atoms with Crippen molar-refractivity contribution in [1.29, 1.82) is 0 Å². The van der Waals surface area contributed by atoms with Crippen molar-refractivity contribution in [3.05, 3.63) is 53.6 Å². The van der Waals surface area contributed by atoms with Crippen molar-refractivity contribution in [2.45, 2.75) is 20.8 Å². The summed E-state index contributed by atoms with van der Waals surface area (Å²) in [5, 5.41) is 6.11. The maximum absolute atomic E-state index is 13.5. The lowest BCUT2D eigenvalue weighted by molar-refractivity contribution is -0.123. The second kappa shape index (κ2) is 7.46. The standard InChI is InChI=1S/C25H27N3O3/c1-25(2,3)24(31)26-17-13-16-12-15-8-6-7-9-18(15)21-20(16)19(14-17)22(29)28(23(21)30)11-10-27(4)5/h6-9,12-14H,10-11H2,1-5H3,(H,26,31). The van der Waals surface area contributed by atoms with Gasteiger partial charge >= 0.3 is 0 Å². The average molecular weight is 418 g/mol. The van der Waals surface area contributed by atoms with Gasteiger partial charge in [0, 0.05) is 29.6 Å². The highest BCUT2D eigenvalue weighted by atomic mass is 16.2. The first-order chi connectivity index (χ1) is 14.6. The minimum Gasteiger partial charge on any atom is -0.326 e. The van der Waals surface area contributed by atoms with Gasteiger partial charge in [0.15, 0.2) is 0 Å². The van der Waals surface area contributed by atoms with Crippen LogP contribution >= 0.6 is 0 Å². The van der Waals surface area contributed by atoms with Gasteiger partial charge in [-0.15, -0.1) is 0 Å². The first-order valence-corrected chi connectivity index (χ1v) is 10.4. The zero-order valence-electron chi connectivity index (χ0n) is 18.6. The molecule has 4 rings (SSSR count). The molecule has 1 aliphatic heterocycles. The summed E-state index contributed by atoms with van der Waals surface area (Å²) >= 11 is 0. The zero-order chi connectivity index (χ0) is 22.5. The molecule has 0 radical (unpaired) electrons. The molecule has 0 bridgehead atoms. The van der Waals surface area contributed by atoms with E-state index in [9.17, 15) is 14.4 Å². The van der Waals surface area contributed by atoms with E-state index in [-0.39, 0.29) is 17.7 Å². The molecule has 1 N–H and O–H groups in total. The van der Waals surface area contributed by atoms with Crippen LogP contribution in [0.4, 0.5) is 5.69 Å². The van der Waals surface area contributed by atoms with Crippen LogP contribution in [0.2, 0.25) is 0 Å². The molecule has 31 heavy (non-hydrogen) atoms. The number of carbonyl (C=O) groups excluding carboxylic acids is 3. The number of amides is 3. The molecule has 3 amide bonds. The molecular formula is C25H27N3O3. The molecule has 3 aromatic rings. The molecular weight excluding hydrogens is 390 g/mol. The number of imide groups is 1. The number of likely N-dealkylation sites (N-methyl/N-ethyl adjacent to an activating group) is 1. The van der Waals surface area contributed by atoms with Gasteiger partial charge in [0.25, 0.3) is 11.8 Å². The molecule has 0 atom stereocenters. The Morgan fingerprint density at radius 1 is 1.00 bits per heavy atom. The molecule has 6 heteroatoms. The van der Waals surface area contributed by atoms with Crippen molar-refractivity contribution in [3.8, 4) is 0 Å². The molecule has 0 unspecified atom stereocenters. The van der Waals surface area contributed by atoms with Crippen LogP contribution in [-0.4, -0.2) is 54.7 Å². The van der Waals surface area contributed by atoms with Crippen LogP contribution < -0.4 is 5.32 Å². The van der Waals surface area contributed by atoms with E-state index < -0.39 is 5.41 Å². The lowest BCUT2D eigenvalue weighted by Gasteiger charge is -2.29. The summed E-state index contributed by atoms with van der Waals surface area (Å²) in [6, 6.07) is 13.2. The molecule has 1 aliphatic rings. The number of hydrogen-bond donors (Lipinski definition) is 1. The highest BCUT2D eigenvalue weighted by Gasteiger charge is 2.35. The van der Waals surface area contributed by atoms with Crippen LogP contribution in [0.15, 0.2) is 42.5 Å². The van der Waals surface area contributed by atoms with Crippen molar-refractivity contribution in [2.75, 3.05) is 32.5 Å². The number of anilines is 1. The number of nitrogens with one attached hydrogen (secondary N) is 1. The summed E-state index contributed by atoms with van der Waals surface area (Å²) in [4.78, 5) is 42.7. The van der Waals surface area contributed by atoms with E-state index in [1.54, 1.807) is 6.07 Å². The number of rotatable bonds is 4. The third kappa shape index (κ3) is 3.68. The van der Waals surface area contributed by atoms with Gasteiger partial charge in [-0.1, -0.05) is 45.0 Å². The fourth-order valence-corrected chi connectivity index (χ4v) is 3.87. The smallest absolute Gasteiger partial charge is 0.262 e. The monoisotopic (exact) mass is 417 g/mol. The molecule has 160 valence electrons. The Bertz CT molecular complexity index is 1240. The van der Waals surface area contributed by atoms with E-state index in [1.807, 2.05) is 76.2 Å². The number of carbonyl (C=O) groups is 3. The normalized spacial score (nSPS) is 14.1. The zero-order valence-corrected chi connectivity index (χ0v) is 18.6.